The lowest BCUT2D eigenvalue weighted by atomic mass is 9.39. The average molecular weight is 781 g/mol. The third kappa shape index (κ3) is 9.17. The van der Waals surface area contributed by atoms with E-state index in [1.807, 2.05) is 20.8 Å². The quantitative estimate of drug-likeness (QED) is 0.0510. The molecule has 56 heavy (non-hydrogen) atoms. The summed E-state index contributed by atoms with van der Waals surface area (Å²) >= 11 is 0. The first-order valence-electron chi connectivity index (χ1n) is 22.1. The van der Waals surface area contributed by atoms with Gasteiger partial charge in [0, 0.05) is 37.2 Å². The number of hydrogen-bond acceptors (Lipinski definition) is 8. The first kappa shape index (κ1) is 46.1. The number of allylic oxidation sites excluding steroid dienone is 4. The molecule has 1 unspecified atom stereocenters. The fourth-order valence-corrected chi connectivity index (χ4v) is 11.6. The standard InChI is InChI=1S/C48H76O8/c1-11-12-13-14-15-16-17-18-19-20-21-22-23-24-29-55-37-31-45(7)38-26-25-34-35(30-36(50)42(53)44(34,5)6)47(38,9)40(52)32-46(45,8)41(37)48(10,54)39(51)27-28-43(3,4)56-33(2)49/h25,27-28,30,35,37-38,41,50,54H,11-24,26,29,31-32H2,1-10H3/b28-27+/t35-,37-,38+,41?,45+,46-,47+,48+/m1/s1. The van der Waals surface area contributed by atoms with E-state index in [0.29, 0.717) is 19.4 Å². The Hall–Kier alpha value is -2.58. The summed E-state index contributed by atoms with van der Waals surface area (Å²) in [5, 5.41) is 23.3. The van der Waals surface area contributed by atoms with Crippen LogP contribution in [0.4, 0.5) is 0 Å². The minimum Gasteiger partial charge on any atom is -0.505 e. The molecule has 8 atom stereocenters. The molecular formula is C48H76O8. The summed E-state index contributed by atoms with van der Waals surface area (Å²) in [5.41, 5.74) is -5.26. The van der Waals surface area contributed by atoms with E-state index in [9.17, 15) is 29.4 Å². The number of esters is 1. The number of fused-ring (bicyclic) bond motifs is 5. The van der Waals surface area contributed by atoms with Crippen LogP contribution in [-0.2, 0) is 28.7 Å². The van der Waals surface area contributed by atoms with Crippen molar-refractivity contribution in [2.75, 3.05) is 6.61 Å². The van der Waals surface area contributed by atoms with Crippen LogP contribution in [0.2, 0.25) is 0 Å². The van der Waals surface area contributed by atoms with Crippen LogP contribution >= 0.6 is 0 Å². The molecule has 2 saturated carbocycles. The second-order valence-corrected chi connectivity index (χ2v) is 19.9. The molecule has 4 aliphatic carbocycles. The molecule has 0 aromatic heterocycles. The molecule has 2 fully saturated rings. The van der Waals surface area contributed by atoms with Gasteiger partial charge in [0.25, 0.3) is 0 Å². The Morgan fingerprint density at radius 3 is 1.93 bits per heavy atom. The SMILES string of the molecule is CCCCCCCCCCCCCCCCO[C@@H]1C[C@@]2(C)[C@@H]3CC=C4[C@@H](C=C(O)C(=O)C4(C)C)[C@]3(C)C(=O)C[C@]2(C)C1[C@@](C)(O)C(=O)/C=C/C(C)(C)OC(C)=O. The summed E-state index contributed by atoms with van der Waals surface area (Å²) in [5.74, 6) is -2.94. The second-order valence-electron chi connectivity index (χ2n) is 19.9. The molecule has 4 aliphatic rings. The van der Waals surface area contributed by atoms with Crippen molar-refractivity contribution in [1.29, 1.82) is 0 Å². The van der Waals surface area contributed by atoms with Gasteiger partial charge in [-0.1, -0.05) is 123 Å². The van der Waals surface area contributed by atoms with E-state index in [1.54, 1.807) is 26.8 Å². The Bertz CT molecular complexity index is 1530. The zero-order chi connectivity index (χ0) is 41.7. The topological polar surface area (TPSA) is 127 Å². The molecule has 8 heteroatoms. The molecule has 0 saturated heterocycles. The number of hydrogen-bond donors (Lipinski definition) is 2. The maximum Gasteiger partial charge on any atom is 0.303 e. The van der Waals surface area contributed by atoms with Crippen molar-refractivity contribution in [3.8, 4) is 0 Å². The molecule has 0 amide bonds. The van der Waals surface area contributed by atoms with Gasteiger partial charge in [-0.15, -0.1) is 0 Å². The first-order chi connectivity index (χ1) is 26.1. The Labute approximate surface area is 338 Å². The summed E-state index contributed by atoms with van der Waals surface area (Å²) in [7, 11) is 0. The summed E-state index contributed by atoms with van der Waals surface area (Å²) in [4.78, 5) is 53.8. The van der Waals surface area contributed by atoms with E-state index < -0.39 is 62.6 Å². The molecule has 4 rings (SSSR count). The van der Waals surface area contributed by atoms with Gasteiger partial charge in [-0.2, -0.15) is 0 Å². The minimum absolute atomic E-state index is 0.0136. The molecule has 316 valence electrons. The lowest BCUT2D eigenvalue weighted by molar-refractivity contribution is -0.180. The summed E-state index contributed by atoms with van der Waals surface area (Å²) in [6.07, 6.45) is 24.9. The highest BCUT2D eigenvalue weighted by Gasteiger charge is 2.74. The zero-order valence-electron chi connectivity index (χ0n) is 36.7. The number of ether oxygens (including phenoxy) is 2. The largest absolute Gasteiger partial charge is 0.505 e. The number of aliphatic hydroxyl groups is 2. The summed E-state index contributed by atoms with van der Waals surface area (Å²) in [6, 6.07) is 0. The van der Waals surface area contributed by atoms with Crippen molar-refractivity contribution >= 4 is 23.3 Å². The zero-order valence-corrected chi connectivity index (χ0v) is 36.7. The van der Waals surface area contributed by atoms with Gasteiger partial charge in [0.05, 0.1) is 11.5 Å². The van der Waals surface area contributed by atoms with E-state index in [0.717, 1.165) is 24.8 Å². The molecule has 0 heterocycles. The van der Waals surface area contributed by atoms with Crippen LogP contribution in [0.3, 0.4) is 0 Å². The molecule has 0 bridgehead atoms. The van der Waals surface area contributed by atoms with Crippen LogP contribution in [0, 0.1) is 39.4 Å². The van der Waals surface area contributed by atoms with Crippen molar-refractivity contribution in [2.45, 2.75) is 196 Å². The number of Topliss-reactive ketones (excluding diaryl/α,β-unsaturated/α-hetero) is 2. The molecule has 0 aliphatic heterocycles. The Morgan fingerprint density at radius 1 is 0.857 bits per heavy atom. The Balaban J connectivity index is 1.52. The number of rotatable bonds is 21. The lowest BCUT2D eigenvalue weighted by Crippen LogP contribution is -2.64. The predicted octanol–water partition coefficient (Wildman–Crippen LogP) is 10.7. The van der Waals surface area contributed by atoms with Crippen molar-refractivity contribution in [2.24, 2.45) is 39.4 Å². The first-order valence-corrected chi connectivity index (χ1v) is 22.1. The van der Waals surface area contributed by atoms with Gasteiger partial charge in [-0.25, -0.2) is 0 Å². The second kappa shape index (κ2) is 18.1. The van der Waals surface area contributed by atoms with Gasteiger partial charge in [-0.05, 0) is 88.9 Å². The van der Waals surface area contributed by atoms with Gasteiger partial charge >= 0.3 is 5.97 Å². The number of aliphatic hydroxyl groups excluding tert-OH is 1. The van der Waals surface area contributed by atoms with Gasteiger partial charge in [0.15, 0.2) is 11.5 Å². The van der Waals surface area contributed by atoms with Crippen molar-refractivity contribution < 1.29 is 38.9 Å². The molecule has 0 aromatic carbocycles. The number of unbranched alkanes of at least 4 members (excludes halogenated alkanes) is 13. The predicted molar refractivity (Wildman–Crippen MR) is 222 cm³/mol. The average Bonchev–Trinajstić information content (AvgIpc) is 3.34. The Morgan fingerprint density at radius 2 is 1.39 bits per heavy atom. The van der Waals surface area contributed by atoms with E-state index in [-0.39, 0.29) is 29.7 Å². The van der Waals surface area contributed by atoms with Crippen molar-refractivity contribution in [1.82, 2.24) is 0 Å². The smallest absolute Gasteiger partial charge is 0.303 e. The van der Waals surface area contributed by atoms with Crippen LogP contribution < -0.4 is 0 Å². The van der Waals surface area contributed by atoms with Crippen LogP contribution in [0.5, 0.6) is 0 Å². The van der Waals surface area contributed by atoms with Crippen LogP contribution in [0.15, 0.2) is 35.6 Å². The highest BCUT2D eigenvalue weighted by atomic mass is 16.6. The van der Waals surface area contributed by atoms with E-state index >= 15 is 0 Å². The lowest BCUT2D eigenvalue weighted by Gasteiger charge is -2.63. The molecule has 0 spiro atoms. The van der Waals surface area contributed by atoms with E-state index in [2.05, 4.69) is 26.8 Å². The highest BCUT2D eigenvalue weighted by molar-refractivity contribution is 6.02. The Kier molecular flexibility index (Phi) is 14.9. The third-order valence-corrected chi connectivity index (χ3v) is 15.0. The van der Waals surface area contributed by atoms with Crippen molar-refractivity contribution in [3.05, 3.63) is 35.6 Å². The summed E-state index contributed by atoms with van der Waals surface area (Å²) in [6.45, 7) is 18.9. The molecule has 0 radical (unpaired) electrons. The number of carbonyl (C=O) groups is 4. The normalized spacial score (nSPS) is 32.3. The fourth-order valence-electron chi connectivity index (χ4n) is 11.6. The molecule has 2 N–H and O–H groups in total. The van der Waals surface area contributed by atoms with E-state index in [4.69, 9.17) is 9.47 Å². The molecular weight excluding hydrogens is 705 g/mol. The number of carbonyl (C=O) groups excluding carboxylic acids is 4. The highest BCUT2D eigenvalue weighted by Crippen LogP contribution is 2.74. The van der Waals surface area contributed by atoms with Crippen molar-refractivity contribution in [3.63, 3.8) is 0 Å². The maximum atomic E-state index is 14.8. The minimum atomic E-state index is -1.89. The van der Waals surface area contributed by atoms with Gasteiger partial charge in [-0.3, -0.25) is 19.2 Å². The van der Waals surface area contributed by atoms with Crippen LogP contribution in [0.1, 0.15) is 178 Å². The number of ketones is 3. The molecule has 8 nitrogen and oxygen atoms in total. The fraction of sp³-hybridized carbons (Fsp3) is 0.792. The maximum absolute atomic E-state index is 14.8. The van der Waals surface area contributed by atoms with E-state index in [1.165, 1.54) is 89.7 Å². The van der Waals surface area contributed by atoms with Gasteiger partial charge in [0.2, 0.25) is 5.78 Å². The monoisotopic (exact) mass is 781 g/mol. The van der Waals surface area contributed by atoms with Gasteiger partial charge in [0.1, 0.15) is 17.0 Å². The molecule has 0 aromatic rings. The van der Waals surface area contributed by atoms with Crippen LogP contribution in [0.25, 0.3) is 0 Å². The van der Waals surface area contributed by atoms with Gasteiger partial charge < -0.3 is 19.7 Å². The third-order valence-electron chi connectivity index (χ3n) is 15.0. The van der Waals surface area contributed by atoms with Crippen LogP contribution in [-0.4, -0.2) is 57.4 Å². The summed E-state index contributed by atoms with van der Waals surface area (Å²) < 4.78 is 12.2.